The highest BCUT2D eigenvalue weighted by Gasteiger charge is 2.19. The maximum Gasteiger partial charge on any atom is 0.344 e. The third kappa shape index (κ3) is 5.61. The van der Waals surface area contributed by atoms with Gasteiger partial charge in [0.15, 0.2) is 12.7 Å². The molecule has 1 amide bonds. The van der Waals surface area contributed by atoms with Crippen molar-refractivity contribution in [3.8, 4) is 5.75 Å². The van der Waals surface area contributed by atoms with E-state index < -0.39 is 30.4 Å². The molecular weight excluding hydrogens is 384 g/mol. The zero-order chi connectivity index (χ0) is 19.3. The van der Waals surface area contributed by atoms with Crippen LogP contribution in [0.25, 0.3) is 0 Å². The average Bonchev–Trinajstić information content (AvgIpc) is 2.58. The van der Waals surface area contributed by atoms with E-state index in [1.807, 2.05) is 6.92 Å². The first-order valence-electron chi connectivity index (χ1n) is 7.60. The third-order valence-electron chi connectivity index (χ3n) is 3.30. The fourth-order valence-corrected chi connectivity index (χ4v) is 2.35. The Balaban J connectivity index is 1.87. The molecule has 1 N–H and O–H groups in total. The standard InChI is InChI=1S/C18H16Cl2FNO4/c1-10-3-5-13(19)16(7-10)25-9-17(23)26-11(2)18(24)22-15-6-4-12(21)8-14(15)20/h3-8,11H,9H2,1-2H3,(H,22,24). The highest BCUT2D eigenvalue weighted by molar-refractivity contribution is 6.33. The van der Waals surface area contributed by atoms with Crippen molar-refractivity contribution in [2.24, 2.45) is 0 Å². The number of esters is 1. The van der Waals surface area contributed by atoms with Gasteiger partial charge in [-0.15, -0.1) is 0 Å². The summed E-state index contributed by atoms with van der Waals surface area (Å²) in [6, 6.07) is 8.67. The Labute approximate surface area is 160 Å². The highest BCUT2D eigenvalue weighted by Crippen LogP contribution is 2.25. The van der Waals surface area contributed by atoms with E-state index in [-0.39, 0.29) is 10.7 Å². The summed E-state index contributed by atoms with van der Waals surface area (Å²) in [4.78, 5) is 23.9. The number of carbonyl (C=O) groups is 2. The van der Waals surface area contributed by atoms with Gasteiger partial charge in [0.1, 0.15) is 11.6 Å². The largest absolute Gasteiger partial charge is 0.480 e. The van der Waals surface area contributed by atoms with Crippen LogP contribution in [0.5, 0.6) is 5.75 Å². The normalized spacial score (nSPS) is 11.6. The lowest BCUT2D eigenvalue weighted by Gasteiger charge is -2.15. The molecule has 1 atom stereocenters. The minimum Gasteiger partial charge on any atom is -0.480 e. The Morgan fingerprint density at radius 1 is 1.15 bits per heavy atom. The van der Waals surface area contributed by atoms with Crippen LogP contribution >= 0.6 is 23.2 Å². The number of nitrogens with one attached hydrogen (secondary N) is 1. The van der Waals surface area contributed by atoms with Gasteiger partial charge in [-0.05, 0) is 49.7 Å². The van der Waals surface area contributed by atoms with E-state index in [2.05, 4.69) is 5.32 Å². The molecule has 0 radical (unpaired) electrons. The molecular formula is C18H16Cl2FNO4. The van der Waals surface area contributed by atoms with Crippen molar-refractivity contribution in [3.05, 3.63) is 57.8 Å². The van der Waals surface area contributed by atoms with Gasteiger partial charge in [0.2, 0.25) is 0 Å². The molecule has 0 aliphatic heterocycles. The zero-order valence-electron chi connectivity index (χ0n) is 14.0. The molecule has 0 spiro atoms. The van der Waals surface area contributed by atoms with Crippen LogP contribution < -0.4 is 10.1 Å². The molecule has 0 fully saturated rings. The molecule has 2 rings (SSSR count). The van der Waals surface area contributed by atoms with Crippen LogP contribution in [0.3, 0.4) is 0 Å². The summed E-state index contributed by atoms with van der Waals surface area (Å²) >= 11 is 11.8. The van der Waals surface area contributed by atoms with Gasteiger partial charge >= 0.3 is 5.97 Å². The molecule has 2 aromatic rings. The summed E-state index contributed by atoms with van der Waals surface area (Å²) in [5.74, 6) is -1.53. The second-order valence-electron chi connectivity index (χ2n) is 5.47. The molecule has 138 valence electrons. The van der Waals surface area contributed by atoms with E-state index in [1.54, 1.807) is 18.2 Å². The van der Waals surface area contributed by atoms with Crippen LogP contribution in [-0.4, -0.2) is 24.6 Å². The lowest BCUT2D eigenvalue weighted by atomic mass is 10.2. The Morgan fingerprint density at radius 2 is 1.88 bits per heavy atom. The molecule has 5 nitrogen and oxygen atoms in total. The van der Waals surface area contributed by atoms with Crippen LogP contribution in [-0.2, 0) is 14.3 Å². The van der Waals surface area contributed by atoms with Crippen molar-refractivity contribution in [2.45, 2.75) is 20.0 Å². The smallest absolute Gasteiger partial charge is 0.344 e. The average molecular weight is 400 g/mol. The fourth-order valence-electron chi connectivity index (χ4n) is 1.97. The number of anilines is 1. The van der Waals surface area contributed by atoms with Crippen molar-refractivity contribution < 1.29 is 23.5 Å². The maximum atomic E-state index is 13.0. The molecule has 0 saturated carbocycles. The van der Waals surface area contributed by atoms with Gasteiger partial charge in [-0.1, -0.05) is 29.3 Å². The fraction of sp³-hybridized carbons (Fsp3) is 0.222. The minimum absolute atomic E-state index is 0.0364. The Hall–Kier alpha value is -2.31. The Kier molecular flexibility index (Phi) is 6.83. The van der Waals surface area contributed by atoms with Gasteiger partial charge in [0.05, 0.1) is 15.7 Å². The lowest BCUT2D eigenvalue weighted by Crippen LogP contribution is -2.31. The first-order chi connectivity index (χ1) is 12.3. The maximum absolute atomic E-state index is 13.0. The quantitative estimate of drug-likeness (QED) is 0.731. The summed E-state index contributed by atoms with van der Waals surface area (Å²) in [7, 11) is 0. The third-order valence-corrected chi connectivity index (χ3v) is 3.92. The number of amides is 1. The first kappa shape index (κ1) is 20.0. The van der Waals surface area contributed by atoms with E-state index in [4.69, 9.17) is 32.7 Å². The highest BCUT2D eigenvalue weighted by atomic mass is 35.5. The molecule has 0 aliphatic carbocycles. The molecule has 26 heavy (non-hydrogen) atoms. The Bertz CT molecular complexity index is 829. The topological polar surface area (TPSA) is 64.6 Å². The predicted octanol–water partition coefficient (Wildman–Crippen LogP) is 4.39. The van der Waals surface area contributed by atoms with Crippen molar-refractivity contribution in [3.63, 3.8) is 0 Å². The second kappa shape index (κ2) is 8.87. The Morgan fingerprint density at radius 3 is 2.58 bits per heavy atom. The summed E-state index contributed by atoms with van der Waals surface area (Å²) in [6.45, 7) is 2.84. The van der Waals surface area contributed by atoms with E-state index in [1.165, 1.54) is 13.0 Å². The van der Waals surface area contributed by atoms with E-state index in [9.17, 15) is 14.0 Å². The van der Waals surface area contributed by atoms with Crippen molar-refractivity contribution in [2.75, 3.05) is 11.9 Å². The minimum atomic E-state index is -1.10. The molecule has 2 aromatic carbocycles. The number of halogens is 3. The van der Waals surface area contributed by atoms with Gasteiger partial charge in [0.25, 0.3) is 5.91 Å². The number of rotatable bonds is 6. The van der Waals surface area contributed by atoms with Crippen LogP contribution in [0.2, 0.25) is 10.0 Å². The van der Waals surface area contributed by atoms with E-state index in [0.29, 0.717) is 10.8 Å². The zero-order valence-corrected chi connectivity index (χ0v) is 15.5. The van der Waals surface area contributed by atoms with Gasteiger partial charge in [-0.25, -0.2) is 9.18 Å². The number of ether oxygens (including phenoxy) is 2. The number of carbonyl (C=O) groups excluding carboxylic acids is 2. The summed E-state index contributed by atoms with van der Waals surface area (Å²) < 4.78 is 23.3. The molecule has 0 aliphatic rings. The number of benzene rings is 2. The molecule has 0 aromatic heterocycles. The van der Waals surface area contributed by atoms with Crippen LogP contribution in [0, 0.1) is 12.7 Å². The molecule has 0 heterocycles. The molecule has 1 unspecified atom stereocenters. The summed E-state index contributed by atoms with van der Waals surface area (Å²) in [5.41, 5.74) is 1.13. The van der Waals surface area contributed by atoms with Gasteiger partial charge in [-0.3, -0.25) is 4.79 Å². The van der Waals surface area contributed by atoms with Crippen LogP contribution in [0.1, 0.15) is 12.5 Å². The van der Waals surface area contributed by atoms with Crippen LogP contribution in [0.15, 0.2) is 36.4 Å². The van der Waals surface area contributed by atoms with Crippen molar-refractivity contribution in [1.29, 1.82) is 0 Å². The first-order valence-corrected chi connectivity index (χ1v) is 8.36. The number of aryl methyl sites for hydroxylation is 1. The van der Waals surface area contributed by atoms with Crippen molar-refractivity contribution >= 4 is 40.8 Å². The summed E-state index contributed by atoms with van der Waals surface area (Å²) in [6.07, 6.45) is -1.10. The summed E-state index contributed by atoms with van der Waals surface area (Å²) in [5, 5.41) is 2.85. The van der Waals surface area contributed by atoms with Crippen molar-refractivity contribution in [1.82, 2.24) is 0 Å². The predicted molar refractivity (Wildman–Crippen MR) is 97.3 cm³/mol. The van der Waals surface area contributed by atoms with Gasteiger partial charge in [-0.2, -0.15) is 0 Å². The van der Waals surface area contributed by atoms with E-state index >= 15 is 0 Å². The molecule has 0 saturated heterocycles. The molecule has 8 heteroatoms. The van der Waals surface area contributed by atoms with Gasteiger partial charge in [0, 0.05) is 0 Å². The molecule has 0 bridgehead atoms. The second-order valence-corrected chi connectivity index (χ2v) is 6.28. The lowest BCUT2D eigenvalue weighted by molar-refractivity contribution is -0.155. The number of hydrogen-bond donors (Lipinski definition) is 1. The van der Waals surface area contributed by atoms with E-state index in [0.717, 1.165) is 17.7 Å². The SMILES string of the molecule is Cc1ccc(Cl)c(OCC(=O)OC(C)C(=O)Nc2ccc(F)cc2Cl)c1. The van der Waals surface area contributed by atoms with Crippen LogP contribution in [0.4, 0.5) is 10.1 Å². The monoisotopic (exact) mass is 399 g/mol. The van der Waals surface area contributed by atoms with Gasteiger partial charge < -0.3 is 14.8 Å². The number of hydrogen-bond acceptors (Lipinski definition) is 4.